The second-order valence-corrected chi connectivity index (χ2v) is 4.50. The molecule has 0 amide bonds. The Kier molecular flexibility index (Phi) is 2.15. The van der Waals surface area contributed by atoms with Crippen molar-refractivity contribution in [1.82, 2.24) is 24.4 Å². The van der Waals surface area contributed by atoms with Gasteiger partial charge in [0, 0.05) is 6.20 Å². The summed E-state index contributed by atoms with van der Waals surface area (Å²) in [6.45, 7) is 0.287. The Balaban J connectivity index is 2.06. The van der Waals surface area contributed by atoms with Gasteiger partial charge in [0.05, 0.1) is 0 Å². The summed E-state index contributed by atoms with van der Waals surface area (Å²) in [6, 6.07) is 5.38. The molecule has 0 bridgehead atoms. The predicted octanol–water partition coefficient (Wildman–Crippen LogP) is -0.0220. The first-order valence-corrected chi connectivity index (χ1v) is 5.68. The largest absolute Gasteiger partial charge is 0.374 e. The minimum absolute atomic E-state index is 0.200. The third-order valence-electron chi connectivity index (χ3n) is 2.26. The summed E-state index contributed by atoms with van der Waals surface area (Å²) in [5.74, 6) is 0. The van der Waals surface area contributed by atoms with Crippen molar-refractivity contribution in [3.8, 4) is 0 Å². The molecule has 8 heteroatoms. The summed E-state index contributed by atoms with van der Waals surface area (Å²) in [5.41, 5.74) is 5.88. The minimum atomic E-state index is -0.200. The third kappa shape index (κ3) is 1.68. The highest BCUT2D eigenvalue weighted by atomic mass is 32.1. The number of fused-ring (bicyclic) bond motifs is 1. The number of hydrogen-bond donors (Lipinski definition) is 1. The number of nitrogen functional groups attached to an aromatic ring is 1. The molecule has 0 aliphatic rings. The fraction of sp³-hybridized carbons (Fsp3) is 0.111. The van der Waals surface area contributed by atoms with Crippen LogP contribution in [0.25, 0.3) is 5.65 Å². The molecule has 0 aromatic carbocycles. The first-order chi connectivity index (χ1) is 8.24. The highest BCUT2D eigenvalue weighted by Crippen LogP contribution is 2.11. The van der Waals surface area contributed by atoms with Crippen LogP contribution in [-0.4, -0.2) is 24.4 Å². The van der Waals surface area contributed by atoms with Crippen LogP contribution in [0.4, 0.5) is 5.13 Å². The van der Waals surface area contributed by atoms with Crippen molar-refractivity contribution >= 4 is 22.1 Å². The minimum Gasteiger partial charge on any atom is -0.374 e. The van der Waals surface area contributed by atoms with Crippen molar-refractivity contribution in [3.05, 3.63) is 39.9 Å². The Morgan fingerprint density at radius 3 is 2.94 bits per heavy atom. The molecule has 0 aliphatic carbocycles. The number of hydrogen-bond acceptors (Lipinski definition) is 6. The SMILES string of the molecule is Nc1nnc(Cn2nc3ccccn3c2=O)s1. The molecule has 3 heterocycles. The van der Waals surface area contributed by atoms with Crippen LogP contribution in [0.3, 0.4) is 0 Å². The Hall–Kier alpha value is -2.22. The highest BCUT2D eigenvalue weighted by molar-refractivity contribution is 7.15. The van der Waals surface area contributed by atoms with E-state index in [-0.39, 0.29) is 12.2 Å². The van der Waals surface area contributed by atoms with Crippen molar-refractivity contribution < 1.29 is 0 Å². The number of pyridine rings is 1. The average Bonchev–Trinajstić information content (AvgIpc) is 2.86. The van der Waals surface area contributed by atoms with Gasteiger partial charge in [-0.1, -0.05) is 17.4 Å². The first kappa shape index (κ1) is 9.97. The molecule has 0 radical (unpaired) electrons. The van der Waals surface area contributed by atoms with Gasteiger partial charge >= 0.3 is 5.69 Å². The second-order valence-electron chi connectivity index (χ2n) is 3.40. The zero-order chi connectivity index (χ0) is 11.8. The van der Waals surface area contributed by atoms with Crippen LogP contribution >= 0.6 is 11.3 Å². The summed E-state index contributed by atoms with van der Waals surface area (Å²) in [7, 11) is 0. The standard InChI is InChI=1S/C9H8N6OS/c10-8-12-11-7(17-8)5-15-9(16)14-4-2-1-3-6(14)13-15/h1-4H,5H2,(H2,10,12). The molecule has 0 atom stereocenters. The van der Waals surface area contributed by atoms with Gasteiger partial charge in [0.1, 0.15) is 11.6 Å². The summed E-state index contributed by atoms with van der Waals surface area (Å²) < 4.78 is 2.82. The third-order valence-corrected chi connectivity index (χ3v) is 2.99. The number of rotatable bonds is 2. The Morgan fingerprint density at radius 2 is 2.24 bits per heavy atom. The van der Waals surface area contributed by atoms with Crippen molar-refractivity contribution in [1.29, 1.82) is 0 Å². The van der Waals surface area contributed by atoms with Crippen LogP contribution in [-0.2, 0) is 6.54 Å². The molecule has 2 N–H and O–H groups in total. The first-order valence-electron chi connectivity index (χ1n) is 4.86. The van der Waals surface area contributed by atoms with Gasteiger partial charge in [0.25, 0.3) is 0 Å². The zero-order valence-corrected chi connectivity index (χ0v) is 9.46. The second kappa shape index (κ2) is 3.67. The molecule has 3 rings (SSSR count). The van der Waals surface area contributed by atoms with E-state index >= 15 is 0 Å². The molecule has 86 valence electrons. The molecule has 0 aliphatic heterocycles. The summed E-state index contributed by atoms with van der Waals surface area (Å²) >= 11 is 1.25. The van der Waals surface area contributed by atoms with E-state index in [1.54, 1.807) is 18.3 Å². The van der Waals surface area contributed by atoms with Crippen LogP contribution in [0.15, 0.2) is 29.2 Å². The van der Waals surface area contributed by atoms with Gasteiger partial charge in [0.15, 0.2) is 5.65 Å². The number of nitrogens with two attached hydrogens (primary N) is 1. The quantitative estimate of drug-likeness (QED) is 0.688. The molecule has 0 saturated carbocycles. The van der Waals surface area contributed by atoms with E-state index in [1.807, 2.05) is 6.07 Å². The molecule has 0 saturated heterocycles. The van der Waals surface area contributed by atoms with Crippen molar-refractivity contribution in [2.45, 2.75) is 6.54 Å². The fourth-order valence-corrected chi connectivity index (χ4v) is 2.12. The number of anilines is 1. The van der Waals surface area contributed by atoms with Gasteiger partial charge in [-0.05, 0) is 12.1 Å². The predicted molar refractivity (Wildman–Crippen MR) is 62.9 cm³/mol. The lowest BCUT2D eigenvalue weighted by molar-refractivity contribution is 0.651. The van der Waals surface area contributed by atoms with E-state index in [4.69, 9.17) is 5.73 Å². The molecule has 3 aromatic rings. The van der Waals surface area contributed by atoms with Crippen molar-refractivity contribution in [2.24, 2.45) is 0 Å². The Morgan fingerprint density at radius 1 is 1.35 bits per heavy atom. The maximum atomic E-state index is 11.9. The molecule has 3 aromatic heterocycles. The zero-order valence-electron chi connectivity index (χ0n) is 8.65. The van der Waals surface area contributed by atoms with Crippen molar-refractivity contribution in [2.75, 3.05) is 5.73 Å². The van der Waals surface area contributed by atoms with Gasteiger partial charge in [0.2, 0.25) is 5.13 Å². The van der Waals surface area contributed by atoms with Crippen molar-refractivity contribution in [3.63, 3.8) is 0 Å². The Labute approximate surface area is 99.1 Å². The monoisotopic (exact) mass is 248 g/mol. The molecular formula is C9H8N6OS. The van der Waals surface area contributed by atoms with E-state index in [0.29, 0.717) is 15.8 Å². The highest BCUT2D eigenvalue weighted by Gasteiger charge is 2.08. The van der Waals surface area contributed by atoms with Gasteiger partial charge < -0.3 is 5.73 Å². The number of aromatic nitrogens is 5. The number of nitrogens with zero attached hydrogens (tertiary/aromatic N) is 5. The Bertz CT molecular complexity index is 726. The van der Waals surface area contributed by atoms with E-state index in [1.165, 1.54) is 20.4 Å². The lowest BCUT2D eigenvalue weighted by Gasteiger charge is -1.91. The van der Waals surface area contributed by atoms with Gasteiger partial charge in [-0.2, -0.15) is 0 Å². The molecule has 0 fully saturated rings. The maximum Gasteiger partial charge on any atom is 0.350 e. The summed E-state index contributed by atoms with van der Waals surface area (Å²) in [5, 5.41) is 12.8. The fourth-order valence-electron chi connectivity index (χ4n) is 1.53. The molecule has 0 unspecified atom stereocenters. The van der Waals surface area contributed by atoms with Gasteiger partial charge in [-0.15, -0.1) is 15.3 Å². The average molecular weight is 248 g/mol. The summed E-state index contributed by atoms with van der Waals surface area (Å²) in [4.78, 5) is 11.9. The topological polar surface area (TPSA) is 91.1 Å². The van der Waals surface area contributed by atoms with E-state index in [9.17, 15) is 4.79 Å². The van der Waals surface area contributed by atoms with Crippen LogP contribution < -0.4 is 11.4 Å². The summed E-state index contributed by atoms with van der Waals surface area (Å²) in [6.07, 6.45) is 1.68. The van der Waals surface area contributed by atoms with Crippen LogP contribution in [0.1, 0.15) is 5.01 Å². The molecular weight excluding hydrogens is 240 g/mol. The smallest absolute Gasteiger partial charge is 0.350 e. The van der Waals surface area contributed by atoms with Crippen LogP contribution in [0.5, 0.6) is 0 Å². The van der Waals surface area contributed by atoms with Gasteiger partial charge in [-0.3, -0.25) is 4.40 Å². The maximum absolute atomic E-state index is 11.9. The van der Waals surface area contributed by atoms with E-state index in [2.05, 4.69) is 15.3 Å². The van der Waals surface area contributed by atoms with Crippen LogP contribution in [0.2, 0.25) is 0 Å². The van der Waals surface area contributed by atoms with Gasteiger partial charge in [-0.25, -0.2) is 9.48 Å². The molecule has 17 heavy (non-hydrogen) atoms. The molecule has 0 spiro atoms. The van der Waals surface area contributed by atoms with E-state index < -0.39 is 0 Å². The lowest BCUT2D eigenvalue weighted by Crippen LogP contribution is -2.21. The normalized spacial score (nSPS) is 11.1. The van der Waals surface area contributed by atoms with Crippen LogP contribution in [0, 0.1) is 0 Å². The lowest BCUT2D eigenvalue weighted by atomic mass is 10.5. The van der Waals surface area contributed by atoms with E-state index in [0.717, 1.165) is 0 Å². The molecule has 7 nitrogen and oxygen atoms in total.